The Kier molecular flexibility index (Phi) is 4.87. The lowest BCUT2D eigenvalue weighted by atomic mass is 10.2. The van der Waals surface area contributed by atoms with Gasteiger partial charge in [0.25, 0.3) is 0 Å². The van der Waals surface area contributed by atoms with Gasteiger partial charge >= 0.3 is 0 Å². The molecule has 0 radical (unpaired) electrons. The summed E-state index contributed by atoms with van der Waals surface area (Å²) in [6, 6.07) is 0. The molecule has 1 aromatic heterocycles. The standard InChI is InChI=1S/C10H19N3S/c1-4-13-6-5-11-10(13)12-7-9(2)8-14-3/h5-6,9H,4,7-8H2,1-3H3,(H,11,12). The molecule has 0 amide bonds. The van der Waals surface area contributed by atoms with Gasteiger partial charge in [0.2, 0.25) is 5.95 Å². The molecule has 14 heavy (non-hydrogen) atoms. The van der Waals surface area contributed by atoms with Gasteiger partial charge in [0.15, 0.2) is 0 Å². The normalized spacial score (nSPS) is 12.8. The van der Waals surface area contributed by atoms with Crippen LogP contribution in [0.2, 0.25) is 0 Å². The van der Waals surface area contributed by atoms with Crippen LogP contribution in [-0.4, -0.2) is 28.1 Å². The fourth-order valence-electron chi connectivity index (χ4n) is 1.34. The molecule has 0 aliphatic carbocycles. The van der Waals surface area contributed by atoms with Crippen molar-refractivity contribution in [2.24, 2.45) is 5.92 Å². The van der Waals surface area contributed by atoms with E-state index in [1.165, 1.54) is 5.75 Å². The van der Waals surface area contributed by atoms with Gasteiger partial charge in [0.1, 0.15) is 0 Å². The number of thioether (sulfide) groups is 1. The van der Waals surface area contributed by atoms with Crippen LogP contribution in [0.15, 0.2) is 12.4 Å². The van der Waals surface area contributed by atoms with Crippen LogP contribution in [0.5, 0.6) is 0 Å². The van der Waals surface area contributed by atoms with Gasteiger partial charge in [-0.15, -0.1) is 0 Å². The summed E-state index contributed by atoms with van der Waals surface area (Å²) in [4.78, 5) is 4.26. The highest BCUT2D eigenvalue weighted by Gasteiger charge is 2.03. The first kappa shape index (κ1) is 11.4. The fourth-order valence-corrected chi connectivity index (χ4v) is 2.03. The summed E-state index contributed by atoms with van der Waals surface area (Å²) < 4.78 is 2.12. The van der Waals surface area contributed by atoms with Gasteiger partial charge < -0.3 is 9.88 Å². The minimum atomic E-state index is 0.687. The summed E-state index contributed by atoms with van der Waals surface area (Å²) >= 11 is 1.89. The number of aryl methyl sites for hydroxylation is 1. The van der Waals surface area contributed by atoms with Gasteiger partial charge in [-0.3, -0.25) is 0 Å². The number of imidazole rings is 1. The summed E-state index contributed by atoms with van der Waals surface area (Å²) in [5.41, 5.74) is 0. The number of rotatable bonds is 6. The first-order valence-electron chi connectivity index (χ1n) is 5.01. The monoisotopic (exact) mass is 213 g/mol. The van der Waals surface area contributed by atoms with E-state index in [1.807, 2.05) is 24.2 Å². The van der Waals surface area contributed by atoms with E-state index in [-0.39, 0.29) is 0 Å². The second kappa shape index (κ2) is 5.96. The zero-order chi connectivity index (χ0) is 10.4. The fraction of sp³-hybridized carbons (Fsp3) is 0.700. The molecule has 0 fully saturated rings. The molecule has 1 N–H and O–H groups in total. The van der Waals surface area contributed by atoms with E-state index in [2.05, 4.69) is 35.0 Å². The van der Waals surface area contributed by atoms with E-state index in [0.29, 0.717) is 5.92 Å². The smallest absolute Gasteiger partial charge is 0.202 e. The highest BCUT2D eigenvalue weighted by Crippen LogP contribution is 2.08. The molecule has 0 aliphatic rings. The molecule has 1 unspecified atom stereocenters. The van der Waals surface area contributed by atoms with Gasteiger partial charge in [-0.05, 0) is 24.9 Å². The predicted octanol–water partition coefficient (Wildman–Crippen LogP) is 2.31. The van der Waals surface area contributed by atoms with Crippen LogP contribution in [0.4, 0.5) is 5.95 Å². The molecule has 0 aliphatic heterocycles. The third-order valence-corrected chi connectivity index (χ3v) is 3.02. The highest BCUT2D eigenvalue weighted by atomic mass is 32.2. The lowest BCUT2D eigenvalue weighted by Gasteiger charge is -2.12. The number of nitrogens with zero attached hydrogens (tertiary/aromatic N) is 2. The summed E-state index contributed by atoms with van der Waals surface area (Å²) in [6.45, 7) is 6.35. The van der Waals surface area contributed by atoms with Crippen LogP contribution in [0.25, 0.3) is 0 Å². The van der Waals surface area contributed by atoms with E-state index in [4.69, 9.17) is 0 Å². The molecule has 0 saturated heterocycles. The van der Waals surface area contributed by atoms with E-state index in [0.717, 1.165) is 19.0 Å². The van der Waals surface area contributed by atoms with Crippen molar-refractivity contribution in [3.63, 3.8) is 0 Å². The Morgan fingerprint density at radius 1 is 1.64 bits per heavy atom. The van der Waals surface area contributed by atoms with Gasteiger partial charge in [-0.1, -0.05) is 6.92 Å². The lowest BCUT2D eigenvalue weighted by molar-refractivity contribution is 0.683. The number of hydrogen-bond acceptors (Lipinski definition) is 3. The average Bonchev–Trinajstić information content (AvgIpc) is 2.62. The van der Waals surface area contributed by atoms with Crippen LogP contribution in [0.1, 0.15) is 13.8 Å². The molecule has 1 aromatic rings. The summed E-state index contributed by atoms with van der Waals surface area (Å²) in [6.07, 6.45) is 5.98. The van der Waals surface area contributed by atoms with Gasteiger partial charge in [0, 0.05) is 25.5 Å². The Morgan fingerprint density at radius 3 is 3.07 bits per heavy atom. The maximum absolute atomic E-state index is 4.26. The second-order valence-electron chi connectivity index (χ2n) is 3.48. The van der Waals surface area contributed by atoms with Crippen molar-refractivity contribution in [3.05, 3.63) is 12.4 Å². The van der Waals surface area contributed by atoms with E-state index in [1.54, 1.807) is 0 Å². The number of anilines is 1. The quantitative estimate of drug-likeness (QED) is 0.786. The molecule has 1 heterocycles. The molecule has 0 spiro atoms. The number of hydrogen-bond donors (Lipinski definition) is 1. The molecule has 3 nitrogen and oxygen atoms in total. The molecular formula is C10H19N3S. The van der Waals surface area contributed by atoms with Crippen molar-refractivity contribution in [2.45, 2.75) is 20.4 Å². The van der Waals surface area contributed by atoms with Gasteiger partial charge in [-0.25, -0.2) is 4.98 Å². The van der Waals surface area contributed by atoms with Crippen molar-refractivity contribution in [1.29, 1.82) is 0 Å². The third-order valence-electron chi connectivity index (χ3n) is 2.12. The Balaban J connectivity index is 2.37. The summed E-state index contributed by atoms with van der Waals surface area (Å²) in [7, 11) is 0. The van der Waals surface area contributed by atoms with Crippen LogP contribution in [-0.2, 0) is 6.54 Å². The molecule has 0 bridgehead atoms. The first-order chi connectivity index (χ1) is 6.77. The molecule has 1 atom stereocenters. The maximum atomic E-state index is 4.26. The van der Waals surface area contributed by atoms with Crippen molar-refractivity contribution >= 4 is 17.7 Å². The van der Waals surface area contributed by atoms with E-state index >= 15 is 0 Å². The second-order valence-corrected chi connectivity index (χ2v) is 4.39. The van der Waals surface area contributed by atoms with Crippen LogP contribution >= 0.6 is 11.8 Å². The Bertz CT molecular complexity index is 260. The largest absolute Gasteiger partial charge is 0.355 e. The molecule has 80 valence electrons. The molecule has 1 rings (SSSR count). The predicted molar refractivity (Wildman–Crippen MR) is 63.9 cm³/mol. The lowest BCUT2D eigenvalue weighted by Crippen LogP contribution is -2.16. The van der Waals surface area contributed by atoms with Crippen molar-refractivity contribution in [3.8, 4) is 0 Å². The van der Waals surface area contributed by atoms with Crippen LogP contribution in [0.3, 0.4) is 0 Å². The number of nitrogens with one attached hydrogen (secondary N) is 1. The highest BCUT2D eigenvalue weighted by molar-refractivity contribution is 7.98. The van der Waals surface area contributed by atoms with Crippen molar-refractivity contribution in [2.75, 3.05) is 23.9 Å². The molecule has 0 aromatic carbocycles. The van der Waals surface area contributed by atoms with Gasteiger partial charge in [0.05, 0.1) is 0 Å². The average molecular weight is 213 g/mol. The Labute approximate surface area is 90.3 Å². The maximum Gasteiger partial charge on any atom is 0.202 e. The van der Waals surface area contributed by atoms with Gasteiger partial charge in [-0.2, -0.15) is 11.8 Å². The summed E-state index contributed by atoms with van der Waals surface area (Å²) in [5.74, 6) is 2.87. The van der Waals surface area contributed by atoms with Crippen molar-refractivity contribution in [1.82, 2.24) is 9.55 Å². The Morgan fingerprint density at radius 2 is 2.43 bits per heavy atom. The van der Waals surface area contributed by atoms with E-state index in [9.17, 15) is 0 Å². The topological polar surface area (TPSA) is 29.9 Å². The minimum Gasteiger partial charge on any atom is -0.355 e. The minimum absolute atomic E-state index is 0.687. The van der Waals surface area contributed by atoms with E-state index < -0.39 is 0 Å². The van der Waals surface area contributed by atoms with Crippen LogP contribution in [0, 0.1) is 5.92 Å². The molecule has 0 saturated carbocycles. The SMILES string of the molecule is CCn1ccnc1NCC(C)CSC. The zero-order valence-corrected chi connectivity index (χ0v) is 9.97. The third kappa shape index (κ3) is 3.25. The Hall–Kier alpha value is -0.640. The first-order valence-corrected chi connectivity index (χ1v) is 6.41. The van der Waals surface area contributed by atoms with Crippen molar-refractivity contribution < 1.29 is 0 Å². The summed E-state index contributed by atoms with van der Waals surface area (Å²) in [5, 5.41) is 3.37. The zero-order valence-electron chi connectivity index (χ0n) is 9.16. The molecular weight excluding hydrogens is 194 g/mol. The van der Waals surface area contributed by atoms with Crippen LogP contribution < -0.4 is 5.32 Å². The number of aromatic nitrogens is 2. The molecule has 4 heteroatoms.